The molecule has 0 bridgehead atoms. The van der Waals surface area contributed by atoms with Crippen molar-refractivity contribution in [3.05, 3.63) is 65.7 Å². The normalized spacial score (nSPS) is 11.9. The van der Waals surface area contributed by atoms with E-state index in [-0.39, 0.29) is 5.75 Å². The third-order valence-corrected chi connectivity index (χ3v) is 6.16. The van der Waals surface area contributed by atoms with Crippen molar-refractivity contribution in [2.75, 3.05) is 38.1 Å². The minimum atomic E-state index is -3.29. The topological polar surface area (TPSA) is 85.8 Å². The first-order chi connectivity index (χ1) is 15.0. The van der Waals surface area contributed by atoms with E-state index in [1.807, 2.05) is 37.3 Å². The van der Waals surface area contributed by atoms with E-state index in [0.717, 1.165) is 49.7 Å². The number of hydrogen-bond donors (Lipinski definition) is 3. The SMILES string of the molecule is CCNC(=NCc1cccc(CS(=O)(=O)NC)c1)NCCCN(CC)c1ccccc1. The number of rotatable bonds is 12. The molecule has 0 aliphatic heterocycles. The van der Waals surface area contributed by atoms with E-state index in [9.17, 15) is 8.42 Å². The minimum absolute atomic E-state index is 0.0330. The van der Waals surface area contributed by atoms with E-state index in [2.05, 4.69) is 56.4 Å². The van der Waals surface area contributed by atoms with Gasteiger partial charge in [-0.2, -0.15) is 0 Å². The second-order valence-corrected chi connectivity index (χ2v) is 9.10. The van der Waals surface area contributed by atoms with Crippen molar-refractivity contribution < 1.29 is 8.42 Å². The van der Waals surface area contributed by atoms with Gasteiger partial charge in [0.1, 0.15) is 0 Å². The molecular formula is C23H35N5O2S. The number of aliphatic imine (C=N–C) groups is 1. The Balaban J connectivity index is 1.89. The van der Waals surface area contributed by atoms with Gasteiger partial charge < -0.3 is 15.5 Å². The van der Waals surface area contributed by atoms with E-state index < -0.39 is 10.0 Å². The molecule has 170 valence electrons. The van der Waals surface area contributed by atoms with Gasteiger partial charge in [0.05, 0.1) is 12.3 Å². The lowest BCUT2D eigenvalue weighted by atomic mass is 10.1. The van der Waals surface area contributed by atoms with E-state index in [0.29, 0.717) is 6.54 Å². The van der Waals surface area contributed by atoms with E-state index >= 15 is 0 Å². The van der Waals surface area contributed by atoms with Crippen LogP contribution in [-0.2, 0) is 22.3 Å². The molecule has 2 aromatic carbocycles. The molecule has 0 atom stereocenters. The predicted molar refractivity (Wildman–Crippen MR) is 130 cm³/mol. The van der Waals surface area contributed by atoms with Gasteiger partial charge in [0.25, 0.3) is 0 Å². The maximum Gasteiger partial charge on any atom is 0.215 e. The standard InChI is InChI=1S/C23H35N5O2S/c1-4-25-23(26-15-10-16-28(5-2)22-13-7-6-8-14-22)27-18-20-11-9-12-21(17-20)19-31(29,30)24-3/h6-9,11-14,17,24H,4-5,10,15-16,18-19H2,1-3H3,(H2,25,26,27). The highest BCUT2D eigenvalue weighted by Gasteiger charge is 2.09. The number of nitrogens with zero attached hydrogens (tertiary/aromatic N) is 2. The predicted octanol–water partition coefficient (Wildman–Crippen LogP) is 2.71. The molecule has 0 radical (unpaired) electrons. The van der Waals surface area contributed by atoms with Crippen LogP contribution in [0.2, 0.25) is 0 Å². The van der Waals surface area contributed by atoms with Crippen LogP contribution in [0, 0.1) is 0 Å². The van der Waals surface area contributed by atoms with E-state index in [1.54, 1.807) is 0 Å². The van der Waals surface area contributed by atoms with Crippen molar-refractivity contribution in [3.63, 3.8) is 0 Å². The van der Waals surface area contributed by atoms with Crippen LogP contribution in [0.3, 0.4) is 0 Å². The molecule has 0 unspecified atom stereocenters. The lowest BCUT2D eigenvalue weighted by Gasteiger charge is -2.23. The van der Waals surface area contributed by atoms with Gasteiger partial charge in [-0.15, -0.1) is 0 Å². The zero-order chi connectivity index (χ0) is 22.5. The molecule has 31 heavy (non-hydrogen) atoms. The van der Waals surface area contributed by atoms with Gasteiger partial charge in [-0.1, -0.05) is 42.5 Å². The summed E-state index contributed by atoms with van der Waals surface area (Å²) >= 11 is 0. The van der Waals surface area contributed by atoms with Crippen LogP contribution in [0.4, 0.5) is 5.69 Å². The largest absolute Gasteiger partial charge is 0.372 e. The van der Waals surface area contributed by atoms with Crippen LogP contribution in [0.1, 0.15) is 31.4 Å². The van der Waals surface area contributed by atoms with Crippen molar-refractivity contribution in [3.8, 4) is 0 Å². The number of guanidine groups is 1. The summed E-state index contributed by atoms with van der Waals surface area (Å²) in [6.07, 6.45) is 0.991. The Morgan fingerprint density at radius 2 is 1.74 bits per heavy atom. The van der Waals surface area contributed by atoms with Crippen LogP contribution in [-0.4, -0.2) is 47.6 Å². The molecule has 0 amide bonds. The Bertz CT molecular complexity index is 917. The van der Waals surface area contributed by atoms with Crippen LogP contribution in [0.25, 0.3) is 0 Å². The van der Waals surface area contributed by atoms with Gasteiger partial charge in [0.15, 0.2) is 5.96 Å². The molecule has 0 aliphatic carbocycles. The molecule has 3 N–H and O–H groups in total. The fourth-order valence-corrected chi connectivity index (χ4v) is 3.97. The van der Waals surface area contributed by atoms with Gasteiger partial charge in [0, 0.05) is 31.9 Å². The van der Waals surface area contributed by atoms with Gasteiger partial charge in [-0.25, -0.2) is 18.1 Å². The second kappa shape index (κ2) is 13.0. The first-order valence-electron chi connectivity index (χ1n) is 10.8. The average molecular weight is 446 g/mol. The third kappa shape index (κ3) is 8.98. The number of benzene rings is 2. The molecule has 0 saturated heterocycles. The molecule has 0 spiro atoms. The highest BCUT2D eigenvalue weighted by atomic mass is 32.2. The van der Waals surface area contributed by atoms with Gasteiger partial charge in [0.2, 0.25) is 10.0 Å². The van der Waals surface area contributed by atoms with Gasteiger partial charge in [-0.05, 0) is 50.6 Å². The molecule has 2 rings (SSSR count). The highest BCUT2D eigenvalue weighted by Crippen LogP contribution is 2.13. The number of para-hydroxylation sites is 1. The fourth-order valence-electron chi connectivity index (χ4n) is 3.21. The zero-order valence-electron chi connectivity index (χ0n) is 18.8. The molecular weight excluding hydrogens is 410 g/mol. The summed E-state index contributed by atoms with van der Waals surface area (Å²) in [5, 5.41) is 6.66. The van der Waals surface area contributed by atoms with Crippen molar-refractivity contribution in [2.24, 2.45) is 4.99 Å². The Morgan fingerprint density at radius 3 is 2.42 bits per heavy atom. The molecule has 2 aromatic rings. The third-order valence-electron chi connectivity index (χ3n) is 4.82. The number of anilines is 1. The van der Waals surface area contributed by atoms with Crippen LogP contribution < -0.4 is 20.3 Å². The first-order valence-corrected chi connectivity index (χ1v) is 12.4. The summed E-state index contributed by atoms with van der Waals surface area (Å²) in [5.41, 5.74) is 2.97. The number of nitrogens with one attached hydrogen (secondary N) is 3. The van der Waals surface area contributed by atoms with E-state index in [1.165, 1.54) is 12.7 Å². The summed E-state index contributed by atoms with van der Waals surface area (Å²) in [5.74, 6) is 0.729. The Labute approximate surface area is 187 Å². The molecule has 0 aliphatic rings. The fraction of sp³-hybridized carbons (Fsp3) is 0.435. The maximum absolute atomic E-state index is 11.8. The van der Waals surface area contributed by atoms with Crippen molar-refractivity contribution in [1.82, 2.24) is 15.4 Å². The van der Waals surface area contributed by atoms with Crippen molar-refractivity contribution >= 4 is 21.7 Å². The van der Waals surface area contributed by atoms with Gasteiger partial charge in [-0.3, -0.25) is 0 Å². The highest BCUT2D eigenvalue weighted by molar-refractivity contribution is 7.88. The second-order valence-electron chi connectivity index (χ2n) is 7.17. The van der Waals surface area contributed by atoms with Crippen LogP contribution in [0.5, 0.6) is 0 Å². The Morgan fingerprint density at radius 1 is 1.00 bits per heavy atom. The lowest BCUT2D eigenvalue weighted by Crippen LogP contribution is -2.38. The Kier molecular flexibility index (Phi) is 10.3. The molecule has 0 saturated carbocycles. The van der Waals surface area contributed by atoms with Crippen molar-refractivity contribution in [1.29, 1.82) is 0 Å². The smallest absolute Gasteiger partial charge is 0.215 e. The van der Waals surface area contributed by atoms with Crippen molar-refractivity contribution in [2.45, 2.75) is 32.6 Å². The maximum atomic E-state index is 11.8. The minimum Gasteiger partial charge on any atom is -0.372 e. The number of hydrogen-bond acceptors (Lipinski definition) is 4. The summed E-state index contributed by atoms with van der Waals surface area (Å²) in [7, 11) is -1.86. The summed E-state index contributed by atoms with van der Waals surface area (Å²) in [6, 6.07) is 18.0. The average Bonchev–Trinajstić information content (AvgIpc) is 2.78. The number of sulfonamides is 1. The monoisotopic (exact) mass is 445 g/mol. The molecule has 0 heterocycles. The lowest BCUT2D eigenvalue weighted by molar-refractivity contribution is 0.587. The molecule has 8 heteroatoms. The van der Waals surface area contributed by atoms with Crippen LogP contribution in [0.15, 0.2) is 59.6 Å². The molecule has 0 aromatic heterocycles. The zero-order valence-corrected chi connectivity index (χ0v) is 19.6. The van der Waals surface area contributed by atoms with Gasteiger partial charge >= 0.3 is 0 Å². The van der Waals surface area contributed by atoms with Crippen LogP contribution >= 0.6 is 0 Å². The molecule has 0 fully saturated rings. The molecule has 7 nitrogen and oxygen atoms in total. The van der Waals surface area contributed by atoms with E-state index in [4.69, 9.17) is 0 Å². The summed E-state index contributed by atoms with van der Waals surface area (Å²) in [6.45, 7) is 8.21. The summed E-state index contributed by atoms with van der Waals surface area (Å²) in [4.78, 5) is 7.01. The first kappa shape index (κ1) is 24.7. The quantitative estimate of drug-likeness (QED) is 0.266. The Hall–Kier alpha value is -2.58. The summed E-state index contributed by atoms with van der Waals surface area (Å²) < 4.78 is 25.9.